The molecule has 29 heavy (non-hydrogen) atoms. The SMILES string of the molecule is C=CC.CC.CCc1cc(C#N)c(NC(=O)c2ccc(OC)c3ccccc23)s1. The van der Waals surface area contributed by atoms with Crippen molar-refractivity contribution in [2.24, 2.45) is 0 Å². The first-order chi connectivity index (χ1) is 14.1. The molecule has 5 heteroatoms. The van der Waals surface area contributed by atoms with Crippen LogP contribution < -0.4 is 10.1 Å². The maximum Gasteiger partial charge on any atom is 0.256 e. The number of amides is 1. The highest BCUT2D eigenvalue weighted by Gasteiger charge is 2.16. The van der Waals surface area contributed by atoms with Gasteiger partial charge in [0.15, 0.2) is 0 Å². The monoisotopic (exact) mass is 408 g/mol. The van der Waals surface area contributed by atoms with E-state index in [2.05, 4.69) is 18.0 Å². The minimum Gasteiger partial charge on any atom is -0.496 e. The number of methoxy groups -OCH3 is 1. The lowest BCUT2D eigenvalue weighted by Crippen LogP contribution is -2.12. The number of carbonyl (C=O) groups excluding carboxylic acids is 1. The van der Waals surface area contributed by atoms with E-state index >= 15 is 0 Å². The van der Waals surface area contributed by atoms with Crippen LogP contribution in [0.3, 0.4) is 0 Å². The third kappa shape index (κ3) is 5.94. The molecule has 152 valence electrons. The molecule has 0 aliphatic carbocycles. The molecule has 0 bridgehead atoms. The number of carbonyl (C=O) groups is 1. The second-order valence-electron chi connectivity index (χ2n) is 5.64. The van der Waals surface area contributed by atoms with E-state index in [-0.39, 0.29) is 5.91 Å². The van der Waals surface area contributed by atoms with Crippen LogP contribution in [0, 0.1) is 11.3 Å². The predicted molar refractivity (Wildman–Crippen MR) is 124 cm³/mol. The maximum atomic E-state index is 12.7. The summed E-state index contributed by atoms with van der Waals surface area (Å²) in [6.45, 7) is 11.3. The van der Waals surface area contributed by atoms with Crippen LogP contribution >= 0.6 is 11.3 Å². The summed E-state index contributed by atoms with van der Waals surface area (Å²) in [6, 6.07) is 15.1. The van der Waals surface area contributed by atoms with Crippen LogP contribution in [0.4, 0.5) is 5.00 Å². The Kier molecular flexibility index (Phi) is 10.2. The summed E-state index contributed by atoms with van der Waals surface area (Å²) in [5.74, 6) is 0.499. The van der Waals surface area contributed by atoms with Crippen molar-refractivity contribution in [1.82, 2.24) is 0 Å². The molecule has 1 aromatic heterocycles. The summed E-state index contributed by atoms with van der Waals surface area (Å²) in [7, 11) is 1.61. The molecule has 0 atom stereocenters. The van der Waals surface area contributed by atoms with Gasteiger partial charge in [-0.3, -0.25) is 4.79 Å². The third-order valence-corrected chi connectivity index (χ3v) is 5.02. The molecular formula is C24H28N2O2S. The zero-order valence-electron chi connectivity index (χ0n) is 17.7. The van der Waals surface area contributed by atoms with Gasteiger partial charge < -0.3 is 10.1 Å². The number of aryl methyl sites for hydroxylation is 1. The molecule has 1 amide bonds. The first-order valence-corrected chi connectivity index (χ1v) is 10.4. The van der Waals surface area contributed by atoms with Gasteiger partial charge in [-0.2, -0.15) is 5.26 Å². The number of nitrogens with one attached hydrogen (secondary N) is 1. The van der Waals surface area contributed by atoms with Crippen molar-refractivity contribution in [2.75, 3.05) is 12.4 Å². The summed E-state index contributed by atoms with van der Waals surface area (Å²) in [6.07, 6.45) is 2.58. The molecular weight excluding hydrogens is 380 g/mol. The number of hydrogen-bond acceptors (Lipinski definition) is 4. The van der Waals surface area contributed by atoms with E-state index < -0.39 is 0 Å². The van der Waals surface area contributed by atoms with Crippen LogP contribution in [0.5, 0.6) is 5.75 Å². The van der Waals surface area contributed by atoms with Crippen molar-refractivity contribution in [1.29, 1.82) is 5.26 Å². The Morgan fingerprint density at radius 3 is 2.41 bits per heavy atom. The Bertz CT molecular complexity index is 1000. The highest BCUT2D eigenvalue weighted by Crippen LogP contribution is 2.31. The number of benzene rings is 2. The molecule has 3 rings (SSSR count). The van der Waals surface area contributed by atoms with Gasteiger partial charge in [-0.25, -0.2) is 0 Å². The van der Waals surface area contributed by atoms with Crippen molar-refractivity contribution in [3.05, 3.63) is 71.1 Å². The number of hydrogen-bond donors (Lipinski definition) is 1. The van der Waals surface area contributed by atoms with Crippen molar-refractivity contribution in [2.45, 2.75) is 34.1 Å². The lowest BCUT2D eigenvalue weighted by Gasteiger charge is -2.10. The fourth-order valence-electron chi connectivity index (χ4n) is 2.61. The van der Waals surface area contributed by atoms with Crippen LogP contribution in [-0.4, -0.2) is 13.0 Å². The molecule has 3 aromatic rings. The van der Waals surface area contributed by atoms with Crippen molar-refractivity contribution in [3.8, 4) is 11.8 Å². The summed E-state index contributed by atoms with van der Waals surface area (Å²) < 4.78 is 5.36. The van der Waals surface area contributed by atoms with Gasteiger partial charge >= 0.3 is 0 Å². The fraction of sp³-hybridized carbons (Fsp3) is 0.250. The molecule has 0 aliphatic rings. The molecule has 0 unspecified atom stereocenters. The highest BCUT2D eigenvalue weighted by atomic mass is 32.1. The first-order valence-electron chi connectivity index (χ1n) is 9.56. The summed E-state index contributed by atoms with van der Waals surface area (Å²) in [5.41, 5.74) is 1.06. The van der Waals surface area contributed by atoms with Gasteiger partial charge in [0.05, 0.1) is 12.7 Å². The fourth-order valence-corrected chi connectivity index (χ4v) is 3.55. The topological polar surface area (TPSA) is 62.1 Å². The Balaban J connectivity index is 0.000000771. The zero-order chi connectivity index (χ0) is 21.8. The molecule has 0 spiro atoms. The number of allylic oxidation sites excluding steroid dienone is 1. The largest absolute Gasteiger partial charge is 0.496 e. The van der Waals surface area contributed by atoms with Crippen LogP contribution in [0.15, 0.2) is 55.1 Å². The van der Waals surface area contributed by atoms with E-state index in [0.29, 0.717) is 16.1 Å². The Hall–Kier alpha value is -3.10. The number of anilines is 1. The Morgan fingerprint density at radius 1 is 1.24 bits per heavy atom. The predicted octanol–water partition coefficient (Wildman–Crippen LogP) is 6.81. The average Bonchev–Trinajstić information content (AvgIpc) is 3.16. The van der Waals surface area contributed by atoms with E-state index in [1.54, 1.807) is 25.3 Å². The minimum atomic E-state index is -0.227. The smallest absolute Gasteiger partial charge is 0.256 e. The van der Waals surface area contributed by atoms with E-state index in [1.165, 1.54) is 11.3 Å². The van der Waals surface area contributed by atoms with Crippen molar-refractivity contribution < 1.29 is 9.53 Å². The Morgan fingerprint density at radius 2 is 1.86 bits per heavy atom. The summed E-state index contributed by atoms with van der Waals surface area (Å²) in [5, 5.41) is 14.4. The highest BCUT2D eigenvalue weighted by molar-refractivity contribution is 7.16. The molecule has 1 N–H and O–H groups in total. The number of ether oxygens (including phenoxy) is 1. The van der Waals surface area contributed by atoms with Gasteiger partial charge in [0.25, 0.3) is 5.91 Å². The molecule has 0 aliphatic heterocycles. The lowest BCUT2D eigenvalue weighted by molar-refractivity contribution is 0.102. The van der Waals surface area contributed by atoms with Gasteiger partial charge in [-0.05, 0) is 36.9 Å². The van der Waals surface area contributed by atoms with Crippen LogP contribution in [-0.2, 0) is 6.42 Å². The second kappa shape index (κ2) is 12.4. The molecule has 0 saturated carbocycles. The zero-order valence-corrected chi connectivity index (χ0v) is 18.5. The van der Waals surface area contributed by atoms with Crippen molar-refractivity contribution in [3.63, 3.8) is 0 Å². The average molecular weight is 409 g/mol. The summed E-state index contributed by atoms with van der Waals surface area (Å²) in [4.78, 5) is 13.8. The van der Waals surface area contributed by atoms with E-state index in [0.717, 1.165) is 27.8 Å². The quantitative estimate of drug-likeness (QED) is 0.482. The molecule has 0 radical (unpaired) electrons. The number of thiophene rings is 1. The minimum absolute atomic E-state index is 0.227. The number of rotatable bonds is 4. The van der Waals surface area contributed by atoms with Crippen LogP contribution in [0.25, 0.3) is 10.8 Å². The maximum absolute atomic E-state index is 12.7. The van der Waals surface area contributed by atoms with E-state index in [4.69, 9.17) is 4.74 Å². The van der Waals surface area contributed by atoms with Gasteiger partial charge in [-0.1, -0.05) is 51.1 Å². The number of fused-ring (bicyclic) bond motifs is 1. The van der Waals surface area contributed by atoms with E-state index in [9.17, 15) is 10.1 Å². The van der Waals surface area contributed by atoms with Gasteiger partial charge in [0.1, 0.15) is 16.8 Å². The normalized spacial score (nSPS) is 9.24. The van der Waals surface area contributed by atoms with Crippen LogP contribution in [0.1, 0.15) is 48.5 Å². The lowest BCUT2D eigenvalue weighted by atomic mass is 10.0. The number of nitrogens with zero attached hydrogens (tertiary/aromatic N) is 1. The molecule has 0 fully saturated rings. The molecule has 0 saturated heterocycles. The standard InChI is InChI=1S/C19H16N2O2S.C3H6.C2H6/c1-3-13-10-12(11-20)19(24-13)21-18(22)16-8-9-17(23-2)15-7-5-4-6-14(15)16;1-3-2;1-2/h4-10H,3H2,1-2H3,(H,21,22);3H,1H2,2H3;1-2H3. The molecule has 4 nitrogen and oxygen atoms in total. The van der Waals surface area contributed by atoms with Gasteiger partial charge in [0, 0.05) is 15.8 Å². The first kappa shape index (κ1) is 23.9. The third-order valence-electron chi connectivity index (χ3n) is 3.83. The Labute approximate surface area is 177 Å². The second-order valence-corrected chi connectivity index (χ2v) is 6.78. The molecule has 1 heterocycles. The van der Waals surface area contributed by atoms with Gasteiger partial charge in [0.2, 0.25) is 0 Å². The van der Waals surface area contributed by atoms with E-state index in [1.807, 2.05) is 58.0 Å². The van der Waals surface area contributed by atoms with Crippen molar-refractivity contribution >= 4 is 33.0 Å². The van der Waals surface area contributed by atoms with Gasteiger partial charge in [-0.15, -0.1) is 17.9 Å². The number of nitriles is 1. The summed E-state index contributed by atoms with van der Waals surface area (Å²) >= 11 is 1.44. The van der Waals surface area contributed by atoms with Crippen LogP contribution in [0.2, 0.25) is 0 Å². The molecule has 2 aromatic carbocycles.